The lowest BCUT2D eigenvalue weighted by Gasteiger charge is -2.35. The molecular weight excluding hydrogens is 502 g/mol. The molecule has 1 aliphatic carbocycles. The van der Waals surface area contributed by atoms with Gasteiger partial charge >= 0.3 is 0 Å². The van der Waals surface area contributed by atoms with Crippen molar-refractivity contribution in [3.05, 3.63) is 36.0 Å². The maximum absolute atomic E-state index is 13.5. The lowest BCUT2D eigenvalue weighted by atomic mass is 9.93. The first kappa shape index (κ1) is 26.9. The van der Waals surface area contributed by atoms with Crippen molar-refractivity contribution in [2.24, 2.45) is 5.41 Å². The number of hydrogen-bond acceptors (Lipinski definition) is 9. The monoisotopic (exact) mass is 541 g/mol. The summed E-state index contributed by atoms with van der Waals surface area (Å²) in [6.07, 6.45) is 5.15. The third-order valence-corrected chi connectivity index (χ3v) is 8.74. The number of nitrogens with one attached hydrogen (secondary N) is 2. The van der Waals surface area contributed by atoms with Gasteiger partial charge in [0, 0.05) is 37.1 Å². The molecule has 9 nitrogen and oxygen atoms in total. The molecule has 3 N–H and O–H groups in total. The van der Waals surface area contributed by atoms with Crippen LogP contribution in [0.3, 0.4) is 0 Å². The summed E-state index contributed by atoms with van der Waals surface area (Å²) in [7, 11) is 1.62. The molecule has 3 heterocycles. The minimum Gasteiger partial charge on any atom is -0.493 e. The Bertz CT molecular complexity index is 1130. The molecule has 0 unspecified atom stereocenters. The van der Waals surface area contributed by atoms with Gasteiger partial charge in [-0.05, 0) is 87.2 Å². The first-order chi connectivity index (χ1) is 18.4. The quantitative estimate of drug-likeness (QED) is 0.399. The SMILES string of the molecule is COc1ccc(C(=O)Nc2ccc(NS[C@H](C)CO)cc2N2CCC3(CC2)CC3)nc1N1CCO[C@H](C)C1. The van der Waals surface area contributed by atoms with Crippen molar-refractivity contribution < 1.29 is 19.4 Å². The molecule has 1 amide bonds. The molecule has 2 aliphatic heterocycles. The number of aliphatic hydroxyl groups excluding tert-OH is 1. The Labute approximate surface area is 229 Å². The third-order valence-electron chi connectivity index (χ3n) is 7.84. The van der Waals surface area contributed by atoms with Crippen LogP contribution in [0.5, 0.6) is 5.75 Å². The molecule has 1 saturated carbocycles. The van der Waals surface area contributed by atoms with Crippen LogP contribution in [0.4, 0.5) is 22.9 Å². The van der Waals surface area contributed by atoms with Gasteiger partial charge in [0.2, 0.25) is 0 Å². The smallest absolute Gasteiger partial charge is 0.274 e. The number of aromatic nitrogens is 1. The molecule has 1 aromatic heterocycles. The summed E-state index contributed by atoms with van der Waals surface area (Å²) in [5.74, 6) is 1.05. The Balaban J connectivity index is 1.37. The number of rotatable bonds is 9. The number of ether oxygens (including phenoxy) is 2. The lowest BCUT2D eigenvalue weighted by Crippen LogP contribution is -2.41. The molecule has 2 saturated heterocycles. The minimum atomic E-state index is -0.254. The zero-order valence-corrected chi connectivity index (χ0v) is 23.4. The van der Waals surface area contributed by atoms with E-state index in [1.807, 2.05) is 32.0 Å². The first-order valence-electron chi connectivity index (χ1n) is 13.5. The van der Waals surface area contributed by atoms with E-state index in [2.05, 4.69) is 25.9 Å². The fourth-order valence-electron chi connectivity index (χ4n) is 5.21. The normalized spacial score (nSPS) is 21.2. The van der Waals surface area contributed by atoms with E-state index in [0.717, 1.165) is 30.2 Å². The molecule has 1 spiro atoms. The second-order valence-electron chi connectivity index (χ2n) is 10.7. The minimum absolute atomic E-state index is 0.0762. The van der Waals surface area contributed by atoms with Gasteiger partial charge in [-0.1, -0.05) is 0 Å². The van der Waals surface area contributed by atoms with Crippen LogP contribution in [-0.4, -0.2) is 73.9 Å². The van der Waals surface area contributed by atoms with E-state index in [1.165, 1.54) is 37.6 Å². The number of carbonyl (C=O) groups excluding carboxylic acids is 1. The second kappa shape index (κ2) is 11.6. The molecule has 38 heavy (non-hydrogen) atoms. The van der Waals surface area contributed by atoms with E-state index in [1.54, 1.807) is 13.2 Å². The Morgan fingerprint density at radius 1 is 1.21 bits per heavy atom. The highest BCUT2D eigenvalue weighted by Crippen LogP contribution is 2.54. The summed E-state index contributed by atoms with van der Waals surface area (Å²) in [6, 6.07) is 9.53. The van der Waals surface area contributed by atoms with E-state index in [4.69, 9.17) is 14.5 Å². The van der Waals surface area contributed by atoms with Crippen LogP contribution in [0.15, 0.2) is 30.3 Å². The highest BCUT2D eigenvalue weighted by atomic mass is 32.2. The number of piperidine rings is 1. The number of amides is 1. The number of methoxy groups -OCH3 is 1. The van der Waals surface area contributed by atoms with Crippen LogP contribution >= 0.6 is 11.9 Å². The Morgan fingerprint density at radius 2 is 2.00 bits per heavy atom. The zero-order chi connectivity index (χ0) is 26.7. The van der Waals surface area contributed by atoms with Crippen LogP contribution in [-0.2, 0) is 4.74 Å². The van der Waals surface area contributed by atoms with Crippen LogP contribution in [0.1, 0.15) is 50.0 Å². The molecule has 5 rings (SSSR count). The van der Waals surface area contributed by atoms with Crippen LogP contribution in [0, 0.1) is 5.41 Å². The number of pyridine rings is 1. The fourth-order valence-corrected chi connectivity index (χ4v) is 5.75. The van der Waals surface area contributed by atoms with E-state index >= 15 is 0 Å². The van der Waals surface area contributed by atoms with E-state index in [9.17, 15) is 9.90 Å². The topological polar surface area (TPSA) is 99.2 Å². The molecule has 0 radical (unpaired) electrons. The molecular formula is C28H39N5O4S. The van der Waals surface area contributed by atoms with Crippen LogP contribution in [0.25, 0.3) is 0 Å². The molecule has 0 bridgehead atoms. The van der Waals surface area contributed by atoms with Gasteiger partial charge in [0.25, 0.3) is 5.91 Å². The van der Waals surface area contributed by atoms with Gasteiger partial charge in [0.15, 0.2) is 11.6 Å². The highest BCUT2D eigenvalue weighted by Gasteiger charge is 2.44. The maximum Gasteiger partial charge on any atom is 0.274 e. The van der Waals surface area contributed by atoms with Crippen molar-refractivity contribution in [3.63, 3.8) is 0 Å². The Kier molecular flexibility index (Phi) is 8.20. The third kappa shape index (κ3) is 6.13. The molecule has 206 valence electrons. The van der Waals surface area contributed by atoms with Crippen LogP contribution < -0.4 is 24.6 Å². The number of nitrogens with zero attached hydrogens (tertiary/aromatic N) is 3. The number of hydrogen-bond donors (Lipinski definition) is 3. The Morgan fingerprint density at radius 3 is 2.68 bits per heavy atom. The summed E-state index contributed by atoms with van der Waals surface area (Å²) < 4.78 is 14.6. The van der Waals surface area contributed by atoms with Crippen molar-refractivity contribution in [2.75, 3.05) is 66.3 Å². The van der Waals surface area contributed by atoms with Crippen molar-refractivity contribution in [2.45, 2.75) is 50.9 Å². The van der Waals surface area contributed by atoms with Gasteiger partial charge in [0.05, 0.1) is 37.8 Å². The van der Waals surface area contributed by atoms with Gasteiger partial charge < -0.3 is 34.4 Å². The summed E-state index contributed by atoms with van der Waals surface area (Å²) in [4.78, 5) is 22.7. The Hall–Kier alpha value is -2.69. The fraction of sp³-hybridized carbons (Fsp3) is 0.571. The van der Waals surface area contributed by atoms with E-state index < -0.39 is 0 Å². The summed E-state index contributed by atoms with van der Waals surface area (Å²) in [5.41, 5.74) is 3.62. The van der Waals surface area contributed by atoms with E-state index in [-0.39, 0.29) is 23.9 Å². The van der Waals surface area contributed by atoms with E-state index in [0.29, 0.717) is 42.4 Å². The number of morpholine rings is 1. The van der Waals surface area contributed by atoms with Crippen molar-refractivity contribution in [1.29, 1.82) is 0 Å². The predicted molar refractivity (Wildman–Crippen MR) is 154 cm³/mol. The largest absolute Gasteiger partial charge is 0.493 e. The van der Waals surface area contributed by atoms with Crippen molar-refractivity contribution >= 4 is 40.7 Å². The van der Waals surface area contributed by atoms with Crippen molar-refractivity contribution in [3.8, 4) is 5.75 Å². The molecule has 3 aliphatic rings. The average molecular weight is 542 g/mol. The molecule has 3 fully saturated rings. The summed E-state index contributed by atoms with van der Waals surface area (Å²) in [6.45, 7) is 8.06. The molecule has 10 heteroatoms. The van der Waals surface area contributed by atoms with Gasteiger partial charge in [-0.3, -0.25) is 4.79 Å². The number of carbonyl (C=O) groups is 1. The average Bonchev–Trinajstić information content (AvgIpc) is 3.70. The number of anilines is 4. The zero-order valence-electron chi connectivity index (χ0n) is 22.5. The van der Waals surface area contributed by atoms with Gasteiger partial charge in [-0.15, -0.1) is 0 Å². The summed E-state index contributed by atoms with van der Waals surface area (Å²) in [5, 5.41) is 12.6. The molecule has 2 aromatic rings. The van der Waals surface area contributed by atoms with Crippen LogP contribution in [0.2, 0.25) is 0 Å². The molecule has 1 aromatic carbocycles. The maximum atomic E-state index is 13.5. The standard InChI is InChI=1S/C28H39N5O4S/c1-19-17-33(14-15-37-19)26-25(36-3)7-6-23(29-26)27(35)30-22-5-4-21(31-38-20(2)18-34)16-24(22)32-12-10-28(8-9-28)11-13-32/h4-7,16,19-20,31,34H,8-15,17-18H2,1-3H3,(H,30,35)/t19-,20-/m1/s1. The first-order valence-corrected chi connectivity index (χ1v) is 14.4. The van der Waals surface area contributed by atoms with Crippen molar-refractivity contribution in [1.82, 2.24) is 4.98 Å². The molecule has 2 atom stereocenters. The highest BCUT2D eigenvalue weighted by molar-refractivity contribution is 8.01. The predicted octanol–water partition coefficient (Wildman–Crippen LogP) is 4.39. The van der Waals surface area contributed by atoms with Gasteiger partial charge in [0.1, 0.15) is 5.69 Å². The number of aliphatic hydroxyl groups is 1. The van der Waals surface area contributed by atoms with Gasteiger partial charge in [-0.25, -0.2) is 4.98 Å². The summed E-state index contributed by atoms with van der Waals surface area (Å²) >= 11 is 1.49. The second-order valence-corrected chi connectivity index (χ2v) is 12.0. The van der Waals surface area contributed by atoms with Gasteiger partial charge in [-0.2, -0.15) is 0 Å². The number of benzene rings is 1. The lowest BCUT2D eigenvalue weighted by molar-refractivity contribution is 0.0527.